The molecule has 1 fully saturated rings. The molecule has 0 spiro atoms. The zero-order valence-corrected chi connectivity index (χ0v) is 23.5. The molecule has 0 radical (unpaired) electrons. The summed E-state index contributed by atoms with van der Waals surface area (Å²) in [4.78, 5) is 0. The minimum atomic E-state index is -1.33. The molecular formula is C33H37F5O3. The number of alkyl halides is 1. The molecule has 0 bridgehead atoms. The van der Waals surface area contributed by atoms with Gasteiger partial charge in [0, 0.05) is 17.7 Å². The maximum atomic E-state index is 15.0. The van der Waals surface area contributed by atoms with E-state index in [4.69, 9.17) is 14.2 Å². The van der Waals surface area contributed by atoms with Crippen LogP contribution in [0.4, 0.5) is 22.0 Å². The lowest BCUT2D eigenvalue weighted by atomic mass is 9.92. The molecule has 1 heterocycles. The van der Waals surface area contributed by atoms with Gasteiger partial charge in [-0.2, -0.15) is 8.78 Å². The molecule has 0 saturated carbocycles. The van der Waals surface area contributed by atoms with E-state index in [1.165, 1.54) is 48.5 Å². The normalized spacial score (nSPS) is 17.8. The fourth-order valence-corrected chi connectivity index (χ4v) is 5.09. The average molecular weight is 577 g/mol. The van der Waals surface area contributed by atoms with E-state index in [-0.39, 0.29) is 54.3 Å². The Labute approximate surface area is 238 Å². The van der Waals surface area contributed by atoms with Crippen molar-refractivity contribution in [3.05, 3.63) is 71.8 Å². The first kappa shape index (κ1) is 30.8. The minimum Gasteiger partial charge on any atom is -0.490 e. The van der Waals surface area contributed by atoms with Crippen molar-refractivity contribution in [1.82, 2.24) is 0 Å². The van der Waals surface area contributed by atoms with Crippen LogP contribution < -0.4 is 9.47 Å². The Balaban J connectivity index is 1.37. The van der Waals surface area contributed by atoms with Gasteiger partial charge in [0.2, 0.25) is 11.6 Å². The lowest BCUT2D eigenvalue weighted by molar-refractivity contribution is -0.0291. The summed E-state index contributed by atoms with van der Waals surface area (Å²) < 4.78 is 90.0. The van der Waals surface area contributed by atoms with Crippen molar-refractivity contribution in [1.29, 1.82) is 0 Å². The van der Waals surface area contributed by atoms with Crippen LogP contribution in [0.3, 0.4) is 0 Å². The van der Waals surface area contributed by atoms with Crippen LogP contribution in [0.1, 0.15) is 58.8 Å². The van der Waals surface area contributed by atoms with E-state index in [0.717, 1.165) is 38.5 Å². The molecule has 222 valence electrons. The summed E-state index contributed by atoms with van der Waals surface area (Å²) in [5, 5.41) is 0. The number of benzene rings is 3. The molecule has 3 aromatic carbocycles. The number of hydrogen-bond donors (Lipinski definition) is 0. The van der Waals surface area contributed by atoms with Crippen LogP contribution in [0.15, 0.2) is 48.5 Å². The van der Waals surface area contributed by atoms with Crippen LogP contribution in [0.5, 0.6) is 11.5 Å². The second-order valence-corrected chi connectivity index (χ2v) is 10.6. The third-order valence-corrected chi connectivity index (χ3v) is 7.44. The van der Waals surface area contributed by atoms with Crippen LogP contribution in [-0.2, 0) is 4.74 Å². The molecule has 1 saturated heterocycles. The van der Waals surface area contributed by atoms with Gasteiger partial charge in [-0.1, -0.05) is 51.0 Å². The van der Waals surface area contributed by atoms with Gasteiger partial charge in [-0.3, -0.25) is 0 Å². The van der Waals surface area contributed by atoms with Gasteiger partial charge in [-0.15, -0.1) is 0 Å². The first-order valence-corrected chi connectivity index (χ1v) is 14.4. The van der Waals surface area contributed by atoms with E-state index >= 15 is 0 Å². The summed E-state index contributed by atoms with van der Waals surface area (Å²) >= 11 is 0. The van der Waals surface area contributed by atoms with Gasteiger partial charge in [0.05, 0.1) is 12.7 Å². The van der Waals surface area contributed by atoms with Gasteiger partial charge in [-0.05, 0) is 73.4 Å². The molecule has 3 aromatic rings. The van der Waals surface area contributed by atoms with Gasteiger partial charge >= 0.3 is 0 Å². The highest BCUT2D eigenvalue weighted by Crippen LogP contribution is 2.34. The van der Waals surface area contributed by atoms with Gasteiger partial charge in [0.1, 0.15) is 12.8 Å². The van der Waals surface area contributed by atoms with Crippen molar-refractivity contribution < 1.29 is 36.2 Å². The Kier molecular flexibility index (Phi) is 11.0. The van der Waals surface area contributed by atoms with Gasteiger partial charge in [-0.25, -0.2) is 13.2 Å². The van der Waals surface area contributed by atoms with Crippen LogP contribution in [0, 0.1) is 29.2 Å². The summed E-state index contributed by atoms with van der Waals surface area (Å²) in [5.41, 5.74) is 0.683. The number of halogens is 5. The number of ether oxygens (including phenoxy) is 3. The van der Waals surface area contributed by atoms with Gasteiger partial charge < -0.3 is 14.2 Å². The first-order chi connectivity index (χ1) is 19.8. The Morgan fingerprint density at radius 1 is 0.756 bits per heavy atom. The zero-order valence-electron chi connectivity index (χ0n) is 23.5. The van der Waals surface area contributed by atoms with Crippen LogP contribution >= 0.6 is 0 Å². The highest BCUT2D eigenvalue weighted by Gasteiger charge is 2.25. The molecule has 3 atom stereocenters. The molecule has 1 aliphatic rings. The quantitative estimate of drug-likeness (QED) is 0.150. The largest absolute Gasteiger partial charge is 0.490 e. The third kappa shape index (κ3) is 7.79. The zero-order chi connectivity index (χ0) is 29.4. The summed E-state index contributed by atoms with van der Waals surface area (Å²) in [6, 6.07) is 11.4. The van der Waals surface area contributed by atoms with Crippen molar-refractivity contribution >= 4 is 0 Å². The first-order valence-electron chi connectivity index (χ1n) is 14.4. The fourth-order valence-electron chi connectivity index (χ4n) is 5.09. The van der Waals surface area contributed by atoms with Crippen molar-refractivity contribution in [3.63, 3.8) is 0 Å². The van der Waals surface area contributed by atoms with Crippen LogP contribution in [0.25, 0.3) is 22.3 Å². The fraction of sp³-hybridized carbons (Fsp3) is 0.455. The molecule has 0 aromatic heterocycles. The Morgan fingerprint density at radius 2 is 1.34 bits per heavy atom. The smallest absolute Gasteiger partial charge is 0.201 e. The lowest BCUT2D eigenvalue weighted by Gasteiger charge is -2.29. The summed E-state index contributed by atoms with van der Waals surface area (Å²) in [7, 11) is 0. The van der Waals surface area contributed by atoms with E-state index in [0.29, 0.717) is 17.7 Å². The van der Waals surface area contributed by atoms with E-state index in [1.807, 2.05) is 6.92 Å². The maximum Gasteiger partial charge on any atom is 0.201 e. The van der Waals surface area contributed by atoms with Crippen molar-refractivity contribution in [2.75, 3.05) is 19.8 Å². The lowest BCUT2D eigenvalue weighted by Crippen LogP contribution is -2.29. The number of rotatable bonds is 13. The Bertz CT molecular complexity index is 1270. The summed E-state index contributed by atoms with van der Waals surface area (Å²) in [6.45, 7) is 4.47. The van der Waals surface area contributed by atoms with E-state index in [9.17, 15) is 22.0 Å². The highest BCUT2D eigenvalue weighted by molar-refractivity contribution is 5.72. The molecule has 0 aliphatic carbocycles. The standard InChI is InChI=1S/C33H37F5O3/c1-3-5-17-39-28-15-13-26(30(35)32(28)37)22-8-10-23(11-9-22)27-14-16-29(33(38)31(27)36)41-20-24(34)18-21-7-12-25(6-4-2)40-19-21/h8-11,13-16,21,24-25H,3-7,12,17-20H2,1-2H3. The SMILES string of the molecule is CCCCOc1ccc(-c2ccc(-c3ccc(OCC(F)CC4CCC(CCC)OC4)c(F)c3F)cc2)c(F)c1F. The second kappa shape index (κ2) is 14.7. The van der Waals surface area contributed by atoms with Crippen molar-refractivity contribution in [3.8, 4) is 33.8 Å². The number of unbranched alkanes of at least 4 members (excludes halogenated alkanes) is 1. The van der Waals surface area contributed by atoms with Gasteiger partial charge in [0.15, 0.2) is 23.1 Å². The molecule has 1 aliphatic heterocycles. The summed E-state index contributed by atoms with van der Waals surface area (Å²) in [6.07, 6.45) is 4.57. The summed E-state index contributed by atoms with van der Waals surface area (Å²) in [5.74, 6) is -4.92. The van der Waals surface area contributed by atoms with E-state index < -0.39 is 29.4 Å². The molecule has 0 N–H and O–H groups in total. The molecular weight excluding hydrogens is 539 g/mol. The average Bonchev–Trinajstić information content (AvgIpc) is 2.98. The van der Waals surface area contributed by atoms with Crippen molar-refractivity contribution in [2.24, 2.45) is 5.92 Å². The van der Waals surface area contributed by atoms with Gasteiger partial charge in [0.25, 0.3) is 0 Å². The van der Waals surface area contributed by atoms with E-state index in [1.54, 1.807) is 0 Å². The Morgan fingerprint density at radius 3 is 1.85 bits per heavy atom. The highest BCUT2D eigenvalue weighted by atomic mass is 19.2. The van der Waals surface area contributed by atoms with E-state index in [2.05, 4.69) is 6.92 Å². The minimum absolute atomic E-state index is 0.0219. The molecule has 0 amide bonds. The number of hydrogen-bond acceptors (Lipinski definition) is 3. The van der Waals surface area contributed by atoms with Crippen molar-refractivity contribution in [2.45, 2.75) is 71.1 Å². The predicted molar refractivity (Wildman–Crippen MR) is 150 cm³/mol. The Hall–Kier alpha value is -3.13. The molecule has 8 heteroatoms. The van der Waals surface area contributed by atoms with Crippen LogP contribution in [0.2, 0.25) is 0 Å². The molecule has 4 rings (SSSR count). The van der Waals surface area contributed by atoms with Crippen LogP contribution in [-0.4, -0.2) is 32.1 Å². The molecule has 41 heavy (non-hydrogen) atoms. The second-order valence-electron chi connectivity index (χ2n) is 10.6. The third-order valence-electron chi connectivity index (χ3n) is 7.44. The maximum absolute atomic E-state index is 15.0. The monoisotopic (exact) mass is 576 g/mol. The molecule has 3 unspecified atom stereocenters. The predicted octanol–water partition coefficient (Wildman–Crippen LogP) is 9.46. The molecule has 3 nitrogen and oxygen atoms in total. The topological polar surface area (TPSA) is 27.7 Å².